The van der Waals surface area contributed by atoms with E-state index in [2.05, 4.69) is 20.6 Å². The van der Waals surface area contributed by atoms with Crippen molar-refractivity contribution in [3.8, 4) is 5.75 Å². The highest BCUT2D eigenvalue weighted by Gasteiger charge is 2.02. The number of hydrogen-bond acceptors (Lipinski definition) is 6. The maximum Gasteiger partial charge on any atom is 0.255 e. The number of benzene rings is 2. The van der Waals surface area contributed by atoms with Gasteiger partial charge >= 0.3 is 0 Å². The average molecular weight is 349 g/mol. The maximum atomic E-state index is 10.7. The van der Waals surface area contributed by atoms with Crippen molar-refractivity contribution in [1.29, 1.82) is 0 Å². The zero-order valence-corrected chi connectivity index (χ0v) is 14.3. The van der Waals surface area contributed by atoms with Crippen molar-refractivity contribution in [3.63, 3.8) is 0 Å². The summed E-state index contributed by atoms with van der Waals surface area (Å²) >= 11 is 0. The van der Waals surface area contributed by atoms with Gasteiger partial charge in [-0.2, -0.15) is 0 Å². The SMILES string of the molecule is Cc1cccc(Nc2cc(Nc3ccc(OCC(N)=O)cc3)ncn2)c1. The predicted octanol–water partition coefficient (Wildman–Crippen LogP) is 3.14. The van der Waals surface area contributed by atoms with Gasteiger partial charge in [-0.25, -0.2) is 9.97 Å². The molecule has 2 aromatic carbocycles. The zero-order chi connectivity index (χ0) is 18.4. The summed E-state index contributed by atoms with van der Waals surface area (Å²) in [6.07, 6.45) is 1.49. The molecule has 7 heteroatoms. The molecule has 0 atom stereocenters. The molecule has 0 aliphatic heterocycles. The monoisotopic (exact) mass is 349 g/mol. The lowest BCUT2D eigenvalue weighted by Crippen LogP contribution is -2.19. The van der Waals surface area contributed by atoms with Crippen LogP contribution in [0.5, 0.6) is 5.75 Å². The fourth-order valence-electron chi connectivity index (χ4n) is 2.30. The van der Waals surface area contributed by atoms with Gasteiger partial charge in [-0.15, -0.1) is 0 Å². The number of rotatable bonds is 7. The minimum atomic E-state index is -0.512. The van der Waals surface area contributed by atoms with E-state index in [9.17, 15) is 4.79 Å². The number of nitrogens with two attached hydrogens (primary N) is 1. The molecule has 7 nitrogen and oxygen atoms in total. The third-order valence-corrected chi connectivity index (χ3v) is 3.47. The van der Waals surface area contributed by atoms with Crippen molar-refractivity contribution in [1.82, 2.24) is 9.97 Å². The smallest absolute Gasteiger partial charge is 0.255 e. The lowest BCUT2D eigenvalue weighted by atomic mass is 10.2. The number of aryl methyl sites for hydroxylation is 1. The summed E-state index contributed by atoms with van der Waals surface area (Å²) in [4.78, 5) is 19.2. The average Bonchev–Trinajstić information content (AvgIpc) is 2.61. The first-order valence-electron chi connectivity index (χ1n) is 8.02. The molecule has 0 unspecified atom stereocenters. The van der Waals surface area contributed by atoms with Crippen LogP contribution in [0.1, 0.15) is 5.56 Å². The quantitative estimate of drug-likeness (QED) is 0.606. The second kappa shape index (κ2) is 7.98. The molecule has 0 saturated carbocycles. The normalized spacial score (nSPS) is 10.2. The highest BCUT2D eigenvalue weighted by Crippen LogP contribution is 2.21. The maximum absolute atomic E-state index is 10.7. The second-order valence-electron chi connectivity index (χ2n) is 5.69. The number of amides is 1. The van der Waals surface area contributed by atoms with E-state index in [4.69, 9.17) is 10.5 Å². The van der Waals surface area contributed by atoms with Gasteiger partial charge < -0.3 is 21.1 Å². The van der Waals surface area contributed by atoms with Crippen molar-refractivity contribution >= 4 is 28.9 Å². The number of ether oxygens (including phenoxy) is 1. The number of nitrogens with zero attached hydrogens (tertiary/aromatic N) is 2. The number of aromatic nitrogens is 2. The van der Waals surface area contributed by atoms with E-state index in [1.807, 2.05) is 49.4 Å². The zero-order valence-electron chi connectivity index (χ0n) is 14.3. The van der Waals surface area contributed by atoms with Gasteiger partial charge in [0.25, 0.3) is 5.91 Å². The molecule has 0 fully saturated rings. The van der Waals surface area contributed by atoms with Crippen LogP contribution in [0.2, 0.25) is 0 Å². The van der Waals surface area contributed by atoms with E-state index >= 15 is 0 Å². The van der Waals surface area contributed by atoms with E-state index in [0.29, 0.717) is 17.4 Å². The van der Waals surface area contributed by atoms with E-state index in [0.717, 1.165) is 11.4 Å². The van der Waals surface area contributed by atoms with Crippen molar-refractivity contribution in [2.45, 2.75) is 6.92 Å². The Morgan fingerprint density at radius 2 is 1.69 bits per heavy atom. The summed E-state index contributed by atoms with van der Waals surface area (Å²) in [5.41, 5.74) is 8.01. The lowest BCUT2D eigenvalue weighted by molar-refractivity contribution is -0.119. The molecule has 3 rings (SSSR count). The van der Waals surface area contributed by atoms with Crippen LogP contribution in [0.3, 0.4) is 0 Å². The number of nitrogens with one attached hydrogen (secondary N) is 2. The van der Waals surface area contributed by atoms with Gasteiger partial charge in [-0.05, 0) is 48.9 Å². The third kappa shape index (κ3) is 4.94. The predicted molar refractivity (Wildman–Crippen MR) is 101 cm³/mol. The number of carbonyl (C=O) groups is 1. The van der Waals surface area contributed by atoms with Crippen molar-refractivity contribution in [3.05, 3.63) is 66.5 Å². The van der Waals surface area contributed by atoms with Crippen LogP contribution in [-0.4, -0.2) is 22.5 Å². The summed E-state index contributed by atoms with van der Waals surface area (Å²) in [5, 5.41) is 6.45. The summed E-state index contributed by atoms with van der Waals surface area (Å²) in [6, 6.07) is 17.0. The first-order chi connectivity index (χ1) is 12.6. The summed E-state index contributed by atoms with van der Waals surface area (Å²) in [6.45, 7) is 1.89. The van der Waals surface area contributed by atoms with Crippen molar-refractivity contribution in [2.75, 3.05) is 17.2 Å². The molecule has 0 radical (unpaired) electrons. The van der Waals surface area contributed by atoms with Crippen molar-refractivity contribution in [2.24, 2.45) is 5.73 Å². The van der Waals surface area contributed by atoms with E-state index < -0.39 is 5.91 Å². The van der Waals surface area contributed by atoms with Crippen LogP contribution in [-0.2, 0) is 4.79 Å². The topological polar surface area (TPSA) is 102 Å². The van der Waals surface area contributed by atoms with E-state index in [1.54, 1.807) is 12.1 Å². The molecule has 0 spiro atoms. The van der Waals surface area contributed by atoms with E-state index in [-0.39, 0.29) is 6.61 Å². The molecule has 1 amide bonds. The molecule has 1 aromatic heterocycles. The Morgan fingerprint density at radius 1 is 1.00 bits per heavy atom. The minimum absolute atomic E-state index is 0.146. The molecular formula is C19H19N5O2. The van der Waals surface area contributed by atoms with Gasteiger partial charge in [0.15, 0.2) is 6.61 Å². The molecular weight excluding hydrogens is 330 g/mol. The molecule has 4 N–H and O–H groups in total. The lowest BCUT2D eigenvalue weighted by Gasteiger charge is -2.10. The second-order valence-corrected chi connectivity index (χ2v) is 5.69. The molecule has 0 aliphatic rings. The molecule has 3 aromatic rings. The number of anilines is 4. The Labute approximate surface area is 151 Å². The Balaban J connectivity index is 1.65. The van der Waals surface area contributed by atoms with E-state index in [1.165, 1.54) is 11.9 Å². The number of hydrogen-bond donors (Lipinski definition) is 3. The Bertz CT molecular complexity index is 896. The third-order valence-electron chi connectivity index (χ3n) is 3.47. The van der Waals surface area contributed by atoms with Gasteiger partial charge in [0.2, 0.25) is 0 Å². The van der Waals surface area contributed by atoms with Gasteiger partial charge in [0, 0.05) is 17.4 Å². The van der Waals surface area contributed by atoms with Crippen LogP contribution in [0.25, 0.3) is 0 Å². The molecule has 0 bridgehead atoms. The standard InChI is InChI=1S/C19H19N5O2/c1-13-3-2-4-15(9-13)24-19-10-18(21-12-22-19)23-14-5-7-16(8-6-14)26-11-17(20)25/h2-10,12H,11H2,1H3,(H2,20,25)(H2,21,22,23,24). The van der Waals surface area contributed by atoms with Gasteiger partial charge in [0.05, 0.1) is 0 Å². The minimum Gasteiger partial charge on any atom is -0.484 e. The van der Waals surface area contributed by atoms with Crippen LogP contribution < -0.4 is 21.1 Å². The number of carbonyl (C=O) groups excluding carboxylic acids is 1. The fraction of sp³-hybridized carbons (Fsp3) is 0.105. The molecule has 26 heavy (non-hydrogen) atoms. The molecule has 1 heterocycles. The summed E-state index contributed by atoms with van der Waals surface area (Å²) in [7, 11) is 0. The summed E-state index contributed by atoms with van der Waals surface area (Å²) < 4.78 is 5.23. The highest BCUT2D eigenvalue weighted by atomic mass is 16.5. The first-order valence-corrected chi connectivity index (χ1v) is 8.02. The van der Waals surface area contributed by atoms with Crippen LogP contribution >= 0.6 is 0 Å². The Kier molecular flexibility index (Phi) is 5.28. The largest absolute Gasteiger partial charge is 0.484 e. The highest BCUT2D eigenvalue weighted by molar-refractivity contribution is 5.75. The van der Waals surface area contributed by atoms with Crippen LogP contribution in [0.4, 0.5) is 23.0 Å². The fourth-order valence-corrected chi connectivity index (χ4v) is 2.30. The summed E-state index contributed by atoms with van der Waals surface area (Å²) in [5.74, 6) is 1.40. The van der Waals surface area contributed by atoms with Gasteiger partial charge in [-0.3, -0.25) is 4.79 Å². The van der Waals surface area contributed by atoms with Crippen LogP contribution in [0.15, 0.2) is 60.9 Å². The molecule has 0 saturated heterocycles. The Hall–Kier alpha value is -3.61. The van der Waals surface area contributed by atoms with Crippen molar-refractivity contribution < 1.29 is 9.53 Å². The molecule has 132 valence electrons. The van der Waals surface area contributed by atoms with Gasteiger partial charge in [-0.1, -0.05) is 12.1 Å². The number of primary amides is 1. The first kappa shape index (κ1) is 17.2. The Morgan fingerprint density at radius 3 is 2.35 bits per heavy atom. The van der Waals surface area contributed by atoms with Crippen LogP contribution in [0, 0.1) is 6.92 Å². The molecule has 0 aliphatic carbocycles. The van der Waals surface area contributed by atoms with Gasteiger partial charge in [0.1, 0.15) is 23.7 Å².